The van der Waals surface area contributed by atoms with Crippen LogP contribution in [0.2, 0.25) is 0 Å². The van der Waals surface area contributed by atoms with Gasteiger partial charge in [-0.25, -0.2) is 0 Å². The fourth-order valence-electron chi connectivity index (χ4n) is 2.40. The summed E-state index contributed by atoms with van der Waals surface area (Å²) >= 11 is 0. The van der Waals surface area contributed by atoms with Crippen LogP contribution in [0.1, 0.15) is 17.2 Å². The Kier molecular flexibility index (Phi) is 6.13. The van der Waals surface area contributed by atoms with Crippen molar-refractivity contribution < 1.29 is 9.53 Å². The molecule has 2 N–H and O–H groups in total. The largest absolute Gasteiger partial charge is 0.367 e. The number of hydrogen-bond donors (Lipinski definition) is 1. The number of carbonyl (C=O) groups is 1. The van der Waals surface area contributed by atoms with Crippen LogP contribution in [0.5, 0.6) is 0 Å². The minimum absolute atomic E-state index is 0.0667. The van der Waals surface area contributed by atoms with E-state index >= 15 is 0 Å². The van der Waals surface area contributed by atoms with Crippen molar-refractivity contribution in [2.75, 3.05) is 20.2 Å². The highest BCUT2D eigenvalue weighted by Gasteiger charge is 2.25. The fraction of sp³-hybridized carbons (Fsp3) is 0.278. The van der Waals surface area contributed by atoms with Gasteiger partial charge in [0.25, 0.3) is 5.91 Å². The van der Waals surface area contributed by atoms with E-state index < -0.39 is 6.10 Å². The molecule has 0 saturated carbocycles. The second-order valence-corrected chi connectivity index (χ2v) is 5.06. The molecule has 1 atom stereocenters. The van der Waals surface area contributed by atoms with E-state index in [4.69, 9.17) is 10.5 Å². The third kappa shape index (κ3) is 4.16. The van der Waals surface area contributed by atoms with Gasteiger partial charge in [0.1, 0.15) is 0 Å². The lowest BCUT2D eigenvalue weighted by Crippen LogP contribution is -2.38. The highest BCUT2D eigenvalue weighted by molar-refractivity contribution is 5.82. The van der Waals surface area contributed by atoms with Gasteiger partial charge >= 0.3 is 0 Å². The van der Waals surface area contributed by atoms with E-state index in [1.54, 1.807) is 12.0 Å². The molecule has 0 aliphatic carbocycles. The standard InChI is InChI=1S/C18H22N2O2/c1-22-17(16-10-6-3-7-11-16)18(21)20(13-12-19)14-15-8-4-2-5-9-15/h2-11,17H,12-14,19H2,1H3. The van der Waals surface area contributed by atoms with Crippen molar-refractivity contribution in [1.82, 2.24) is 4.90 Å². The molecular weight excluding hydrogens is 276 g/mol. The Balaban J connectivity index is 2.17. The predicted octanol–water partition coefficient (Wildman–Crippen LogP) is 2.36. The molecule has 2 aromatic carbocycles. The van der Waals surface area contributed by atoms with Gasteiger partial charge in [0.05, 0.1) is 0 Å². The van der Waals surface area contributed by atoms with Gasteiger partial charge in [-0.15, -0.1) is 0 Å². The monoisotopic (exact) mass is 298 g/mol. The van der Waals surface area contributed by atoms with Gasteiger partial charge in [-0.1, -0.05) is 60.7 Å². The molecule has 0 aromatic heterocycles. The number of hydrogen-bond acceptors (Lipinski definition) is 3. The molecule has 2 rings (SSSR count). The van der Waals surface area contributed by atoms with Crippen molar-refractivity contribution in [2.24, 2.45) is 5.73 Å². The molecule has 0 aliphatic rings. The Morgan fingerprint density at radius 3 is 2.23 bits per heavy atom. The van der Waals surface area contributed by atoms with Gasteiger partial charge in [0.2, 0.25) is 0 Å². The Morgan fingerprint density at radius 1 is 1.09 bits per heavy atom. The minimum Gasteiger partial charge on any atom is -0.367 e. The van der Waals surface area contributed by atoms with Crippen molar-refractivity contribution >= 4 is 5.91 Å². The van der Waals surface area contributed by atoms with E-state index in [2.05, 4.69) is 0 Å². The Morgan fingerprint density at radius 2 is 1.68 bits per heavy atom. The van der Waals surface area contributed by atoms with E-state index in [-0.39, 0.29) is 5.91 Å². The van der Waals surface area contributed by atoms with E-state index in [1.165, 1.54) is 0 Å². The molecule has 0 radical (unpaired) electrons. The summed E-state index contributed by atoms with van der Waals surface area (Å²) in [7, 11) is 1.55. The zero-order chi connectivity index (χ0) is 15.8. The number of benzene rings is 2. The Labute approximate surface area is 131 Å². The molecule has 1 amide bonds. The van der Waals surface area contributed by atoms with Crippen LogP contribution in [-0.2, 0) is 16.1 Å². The Hall–Kier alpha value is -2.17. The number of methoxy groups -OCH3 is 1. The summed E-state index contributed by atoms with van der Waals surface area (Å²) < 4.78 is 5.43. The number of nitrogens with zero attached hydrogens (tertiary/aromatic N) is 1. The molecule has 116 valence electrons. The Bertz CT molecular complexity index is 572. The molecule has 22 heavy (non-hydrogen) atoms. The lowest BCUT2D eigenvalue weighted by Gasteiger charge is -2.26. The van der Waals surface area contributed by atoms with Gasteiger partial charge in [-0.2, -0.15) is 0 Å². The molecule has 4 heteroatoms. The lowest BCUT2D eigenvalue weighted by atomic mass is 10.1. The topological polar surface area (TPSA) is 55.6 Å². The SMILES string of the molecule is COC(C(=O)N(CCN)Cc1ccccc1)c1ccccc1. The summed E-state index contributed by atoms with van der Waals surface area (Å²) in [6, 6.07) is 19.4. The van der Waals surface area contributed by atoms with Crippen molar-refractivity contribution in [3.05, 3.63) is 71.8 Å². The van der Waals surface area contributed by atoms with E-state index in [1.807, 2.05) is 60.7 Å². The van der Waals surface area contributed by atoms with Crippen molar-refractivity contribution in [3.63, 3.8) is 0 Å². The average molecular weight is 298 g/mol. The van der Waals surface area contributed by atoms with Gasteiger partial charge < -0.3 is 15.4 Å². The van der Waals surface area contributed by atoms with Crippen LogP contribution in [-0.4, -0.2) is 31.0 Å². The lowest BCUT2D eigenvalue weighted by molar-refractivity contribution is -0.143. The van der Waals surface area contributed by atoms with Crippen LogP contribution in [0, 0.1) is 0 Å². The molecule has 0 heterocycles. The zero-order valence-corrected chi connectivity index (χ0v) is 12.8. The first-order valence-electron chi connectivity index (χ1n) is 7.36. The summed E-state index contributed by atoms with van der Waals surface area (Å²) in [4.78, 5) is 14.6. The maximum atomic E-state index is 12.8. The molecule has 0 aliphatic heterocycles. The first-order chi connectivity index (χ1) is 10.8. The summed E-state index contributed by atoms with van der Waals surface area (Å²) in [5.41, 5.74) is 7.59. The van der Waals surface area contributed by atoms with Crippen molar-refractivity contribution in [1.29, 1.82) is 0 Å². The minimum atomic E-state index is -0.600. The first-order valence-corrected chi connectivity index (χ1v) is 7.36. The zero-order valence-electron chi connectivity index (χ0n) is 12.8. The van der Waals surface area contributed by atoms with Crippen LogP contribution in [0.25, 0.3) is 0 Å². The number of rotatable bonds is 7. The average Bonchev–Trinajstić information content (AvgIpc) is 2.57. The molecule has 0 spiro atoms. The van der Waals surface area contributed by atoms with Gasteiger partial charge in [-0.3, -0.25) is 4.79 Å². The third-order valence-electron chi connectivity index (χ3n) is 3.49. The second kappa shape index (κ2) is 8.32. The molecule has 0 bridgehead atoms. The van der Waals surface area contributed by atoms with Crippen LogP contribution >= 0.6 is 0 Å². The quantitative estimate of drug-likeness (QED) is 0.853. The maximum absolute atomic E-state index is 12.8. The van der Waals surface area contributed by atoms with E-state index in [9.17, 15) is 4.79 Å². The molecule has 0 saturated heterocycles. The smallest absolute Gasteiger partial charge is 0.256 e. The molecule has 1 unspecified atom stereocenters. The molecule has 2 aromatic rings. The highest BCUT2D eigenvalue weighted by atomic mass is 16.5. The summed E-state index contributed by atoms with van der Waals surface area (Å²) in [6.45, 7) is 1.45. The maximum Gasteiger partial charge on any atom is 0.256 e. The van der Waals surface area contributed by atoms with Crippen molar-refractivity contribution in [3.8, 4) is 0 Å². The van der Waals surface area contributed by atoms with Gasteiger partial charge in [0, 0.05) is 26.7 Å². The number of carbonyl (C=O) groups excluding carboxylic acids is 1. The molecular formula is C18H22N2O2. The number of amides is 1. The molecule has 0 fully saturated rings. The number of nitrogens with two attached hydrogens (primary N) is 1. The number of ether oxygens (including phenoxy) is 1. The highest BCUT2D eigenvalue weighted by Crippen LogP contribution is 2.20. The van der Waals surface area contributed by atoms with Crippen molar-refractivity contribution in [2.45, 2.75) is 12.6 Å². The van der Waals surface area contributed by atoms with Crippen LogP contribution in [0.4, 0.5) is 0 Å². The van der Waals surface area contributed by atoms with Crippen LogP contribution < -0.4 is 5.73 Å². The second-order valence-electron chi connectivity index (χ2n) is 5.06. The summed E-state index contributed by atoms with van der Waals surface area (Å²) in [6.07, 6.45) is -0.600. The van der Waals surface area contributed by atoms with E-state index in [0.717, 1.165) is 11.1 Å². The van der Waals surface area contributed by atoms with E-state index in [0.29, 0.717) is 19.6 Å². The summed E-state index contributed by atoms with van der Waals surface area (Å²) in [5, 5.41) is 0. The normalized spacial score (nSPS) is 11.9. The van der Waals surface area contributed by atoms with Crippen LogP contribution in [0.15, 0.2) is 60.7 Å². The summed E-state index contributed by atoms with van der Waals surface area (Å²) in [5.74, 6) is -0.0667. The molecule has 4 nitrogen and oxygen atoms in total. The van der Waals surface area contributed by atoms with Crippen LogP contribution in [0.3, 0.4) is 0 Å². The predicted molar refractivity (Wildman–Crippen MR) is 87.1 cm³/mol. The van der Waals surface area contributed by atoms with Gasteiger partial charge in [0.15, 0.2) is 6.10 Å². The first kappa shape index (κ1) is 16.2. The fourth-order valence-corrected chi connectivity index (χ4v) is 2.40. The third-order valence-corrected chi connectivity index (χ3v) is 3.49. The van der Waals surface area contributed by atoms with Gasteiger partial charge in [-0.05, 0) is 11.1 Å².